The van der Waals surface area contributed by atoms with Crippen molar-refractivity contribution in [2.45, 2.75) is 22.6 Å². The van der Waals surface area contributed by atoms with E-state index < -0.39 is 0 Å². The van der Waals surface area contributed by atoms with Gasteiger partial charge in [0.15, 0.2) is 0 Å². The monoisotopic (exact) mass is 325 g/mol. The molecule has 2 aromatic rings. The van der Waals surface area contributed by atoms with Gasteiger partial charge in [0.05, 0.1) is 13.2 Å². The number of ether oxygens (including phenoxy) is 1. The number of rotatable bonds is 3. The molecule has 0 saturated carbocycles. The van der Waals surface area contributed by atoms with Gasteiger partial charge in [-0.05, 0) is 29.2 Å². The summed E-state index contributed by atoms with van der Waals surface area (Å²) in [5, 5.41) is 0. The Hall–Kier alpha value is -1.29. The maximum Gasteiger partial charge on any atom is 0.0594 e. The predicted molar refractivity (Wildman–Crippen MR) is 95.3 cm³/mol. The van der Waals surface area contributed by atoms with E-state index >= 15 is 0 Å². The largest absolute Gasteiger partial charge is 0.379 e. The fourth-order valence-corrected chi connectivity index (χ4v) is 5.01. The number of hydrogen-bond acceptors (Lipinski definition) is 3. The number of nitrogens with zero attached hydrogens (tertiary/aromatic N) is 1. The van der Waals surface area contributed by atoms with Crippen molar-refractivity contribution < 1.29 is 4.74 Å². The van der Waals surface area contributed by atoms with Crippen LogP contribution in [0.25, 0.3) is 0 Å². The van der Waals surface area contributed by atoms with Crippen molar-refractivity contribution in [1.29, 1.82) is 0 Å². The van der Waals surface area contributed by atoms with Gasteiger partial charge in [-0.1, -0.05) is 55.1 Å². The van der Waals surface area contributed by atoms with E-state index in [1.165, 1.54) is 20.9 Å². The molecule has 0 amide bonds. The van der Waals surface area contributed by atoms with Crippen molar-refractivity contribution in [3.8, 4) is 0 Å². The summed E-state index contributed by atoms with van der Waals surface area (Å²) in [5.41, 5.74) is 2.99. The molecule has 23 heavy (non-hydrogen) atoms. The normalized spacial score (nSPS) is 19.9. The maximum absolute atomic E-state index is 5.49. The van der Waals surface area contributed by atoms with E-state index in [-0.39, 0.29) is 0 Å². The van der Waals surface area contributed by atoms with Gasteiger partial charge in [-0.2, -0.15) is 0 Å². The van der Waals surface area contributed by atoms with Crippen LogP contribution < -0.4 is 0 Å². The molecule has 2 heterocycles. The molecule has 0 radical (unpaired) electrons. The van der Waals surface area contributed by atoms with Crippen molar-refractivity contribution in [1.82, 2.24) is 4.90 Å². The quantitative estimate of drug-likeness (QED) is 0.837. The average Bonchev–Trinajstić information content (AvgIpc) is 2.60. The van der Waals surface area contributed by atoms with E-state index in [0.717, 1.165) is 32.8 Å². The van der Waals surface area contributed by atoms with Gasteiger partial charge in [-0.15, -0.1) is 0 Å². The Labute approximate surface area is 142 Å². The van der Waals surface area contributed by atoms with E-state index in [0.29, 0.717) is 11.8 Å². The van der Waals surface area contributed by atoms with Crippen LogP contribution in [0.3, 0.4) is 0 Å². The molecule has 120 valence electrons. The molecule has 0 aromatic heterocycles. The minimum atomic E-state index is 0.492. The van der Waals surface area contributed by atoms with Crippen LogP contribution in [-0.4, -0.2) is 37.7 Å². The maximum atomic E-state index is 5.49. The Balaban J connectivity index is 1.66. The van der Waals surface area contributed by atoms with E-state index in [1.807, 2.05) is 11.8 Å². The van der Waals surface area contributed by atoms with Crippen LogP contribution in [0, 0.1) is 5.92 Å². The van der Waals surface area contributed by atoms with Crippen molar-refractivity contribution in [2.75, 3.05) is 32.8 Å². The molecule has 2 aromatic carbocycles. The molecule has 2 aliphatic heterocycles. The molecular weight excluding hydrogens is 302 g/mol. The fourth-order valence-electron chi connectivity index (χ4n) is 3.86. The minimum Gasteiger partial charge on any atom is -0.379 e. The first-order valence-electron chi connectivity index (χ1n) is 8.49. The molecule has 1 fully saturated rings. The lowest BCUT2D eigenvalue weighted by molar-refractivity contribution is 0.0307. The third kappa shape index (κ3) is 3.06. The third-order valence-electron chi connectivity index (χ3n) is 4.95. The van der Waals surface area contributed by atoms with Gasteiger partial charge in [-0.25, -0.2) is 0 Å². The molecule has 3 heteroatoms. The van der Waals surface area contributed by atoms with Crippen LogP contribution in [0.2, 0.25) is 0 Å². The molecule has 2 aliphatic rings. The number of fused-ring (bicyclic) bond motifs is 2. The molecule has 0 bridgehead atoms. The second-order valence-electron chi connectivity index (χ2n) is 6.55. The van der Waals surface area contributed by atoms with E-state index in [9.17, 15) is 0 Å². The van der Waals surface area contributed by atoms with Crippen molar-refractivity contribution in [2.24, 2.45) is 5.92 Å². The number of morpholine rings is 1. The summed E-state index contributed by atoms with van der Waals surface area (Å²) in [6.45, 7) is 7.43. The first-order chi connectivity index (χ1) is 11.3. The summed E-state index contributed by atoms with van der Waals surface area (Å²) in [6, 6.07) is 17.8. The van der Waals surface area contributed by atoms with Crippen LogP contribution in [0.1, 0.15) is 24.0 Å². The Morgan fingerprint density at radius 2 is 1.57 bits per heavy atom. The molecule has 1 saturated heterocycles. The zero-order valence-corrected chi connectivity index (χ0v) is 14.4. The smallest absolute Gasteiger partial charge is 0.0594 e. The van der Waals surface area contributed by atoms with Gasteiger partial charge < -0.3 is 4.74 Å². The summed E-state index contributed by atoms with van der Waals surface area (Å²) >= 11 is 1.92. The lowest BCUT2D eigenvalue weighted by Gasteiger charge is -2.36. The van der Waals surface area contributed by atoms with Gasteiger partial charge in [0.25, 0.3) is 0 Å². The van der Waals surface area contributed by atoms with Crippen LogP contribution in [0.4, 0.5) is 0 Å². The van der Waals surface area contributed by atoms with Crippen LogP contribution >= 0.6 is 11.8 Å². The molecule has 4 rings (SSSR count). The molecule has 0 aliphatic carbocycles. The van der Waals surface area contributed by atoms with E-state index in [2.05, 4.69) is 60.4 Å². The first-order valence-corrected chi connectivity index (χ1v) is 9.30. The SMILES string of the molecule is CC(CN1CCOCC1)C1c2ccccc2Sc2ccccc21. The fraction of sp³-hybridized carbons (Fsp3) is 0.400. The highest BCUT2D eigenvalue weighted by atomic mass is 32.2. The van der Waals surface area contributed by atoms with E-state index in [1.54, 1.807) is 0 Å². The second kappa shape index (κ2) is 6.68. The zero-order chi connectivity index (χ0) is 15.6. The average molecular weight is 325 g/mol. The van der Waals surface area contributed by atoms with Crippen LogP contribution in [0.5, 0.6) is 0 Å². The summed E-state index contributed by atoms with van der Waals surface area (Å²) in [5.74, 6) is 1.09. The first kappa shape index (κ1) is 15.3. The lowest BCUT2D eigenvalue weighted by Crippen LogP contribution is -2.40. The van der Waals surface area contributed by atoms with Gasteiger partial charge in [0, 0.05) is 35.3 Å². The van der Waals surface area contributed by atoms with Gasteiger partial charge in [0.1, 0.15) is 0 Å². The highest BCUT2D eigenvalue weighted by molar-refractivity contribution is 7.99. The minimum absolute atomic E-state index is 0.492. The van der Waals surface area contributed by atoms with Crippen molar-refractivity contribution in [3.05, 3.63) is 59.7 Å². The zero-order valence-electron chi connectivity index (χ0n) is 13.6. The summed E-state index contributed by atoms with van der Waals surface area (Å²) < 4.78 is 5.49. The van der Waals surface area contributed by atoms with Gasteiger partial charge in [0.2, 0.25) is 0 Å². The molecular formula is C20H23NOS. The van der Waals surface area contributed by atoms with Crippen molar-refractivity contribution >= 4 is 11.8 Å². The Morgan fingerprint density at radius 1 is 1.00 bits per heavy atom. The molecule has 2 nitrogen and oxygen atoms in total. The van der Waals surface area contributed by atoms with Crippen molar-refractivity contribution in [3.63, 3.8) is 0 Å². The lowest BCUT2D eigenvalue weighted by atomic mass is 9.81. The predicted octanol–water partition coefficient (Wildman–Crippen LogP) is 4.25. The Bertz CT molecular complexity index is 635. The highest BCUT2D eigenvalue weighted by Gasteiger charge is 2.31. The third-order valence-corrected chi connectivity index (χ3v) is 6.13. The van der Waals surface area contributed by atoms with Gasteiger partial charge >= 0.3 is 0 Å². The summed E-state index contributed by atoms with van der Waals surface area (Å²) in [4.78, 5) is 5.40. The standard InChI is InChI=1S/C20H23NOS/c1-15(14-21-10-12-22-13-11-21)20-16-6-2-4-8-18(16)23-19-9-5-3-7-17(19)20/h2-9,15,20H,10-14H2,1H3. The molecule has 1 unspecified atom stereocenters. The summed E-state index contributed by atoms with van der Waals surface area (Å²) in [7, 11) is 0. The Kier molecular flexibility index (Phi) is 4.43. The topological polar surface area (TPSA) is 12.5 Å². The van der Waals surface area contributed by atoms with Crippen LogP contribution in [0.15, 0.2) is 58.3 Å². The second-order valence-corrected chi connectivity index (χ2v) is 7.63. The Morgan fingerprint density at radius 3 is 2.17 bits per heavy atom. The number of hydrogen-bond donors (Lipinski definition) is 0. The summed E-state index contributed by atoms with van der Waals surface area (Å²) in [6.07, 6.45) is 0. The van der Waals surface area contributed by atoms with Gasteiger partial charge in [-0.3, -0.25) is 4.90 Å². The number of benzene rings is 2. The van der Waals surface area contributed by atoms with E-state index in [4.69, 9.17) is 4.74 Å². The molecule has 1 atom stereocenters. The highest BCUT2D eigenvalue weighted by Crippen LogP contribution is 2.48. The van der Waals surface area contributed by atoms with Crippen LogP contribution in [-0.2, 0) is 4.74 Å². The molecule has 0 N–H and O–H groups in total. The molecule has 0 spiro atoms.